The van der Waals surface area contributed by atoms with Gasteiger partial charge in [-0.1, -0.05) is 0 Å². The van der Waals surface area contributed by atoms with Crippen LogP contribution in [0.25, 0.3) is 0 Å². The van der Waals surface area contributed by atoms with E-state index in [1.807, 2.05) is 0 Å². The van der Waals surface area contributed by atoms with Crippen LogP contribution in [-0.4, -0.2) is 76.9 Å². The molecule has 0 radical (unpaired) electrons. The largest absolute Gasteiger partial charge is 0.389 e. The number of ether oxygens (including phenoxy) is 3. The summed E-state index contributed by atoms with van der Waals surface area (Å²) in [6, 6.07) is 0. The highest BCUT2D eigenvalue weighted by molar-refractivity contribution is 4.64. The van der Waals surface area contributed by atoms with Gasteiger partial charge in [-0.3, -0.25) is 4.90 Å². The van der Waals surface area contributed by atoms with E-state index < -0.39 is 6.10 Å². The van der Waals surface area contributed by atoms with Crippen molar-refractivity contribution in [2.75, 3.05) is 60.8 Å². The number of nitrogens with zero attached hydrogens (tertiary/aromatic N) is 1. The molecule has 5 nitrogen and oxygen atoms in total. The average Bonchev–Trinajstić information content (AvgIpc) is 2.26. The Labute approximate surface area is 98.3 Å². The van der Waals surface area contributed by atoms with Gasteiger partial charge in [0, 0.05) is 47.6 Å². The Bertz CT molecular complexity index is 146. The summed E-state index contributed by atoms with van der Waals surface area (Å²) in [6.07, 6.45) is 0.518. The molecule has 16 heavy (non-hydrogen) atoms. The quantitative estimate of drug-likeness (QED) is 0.510. The molecule has 0 aromatic heterocycles. The molecule has 0 saturated carbocycles. The molecule has 0 bridgehead atoms. The van der Waals surface area contributed by atoms with E-state index in [1.54, 1.807) is 21.3 Å². The van der Waals surface area contributed by atoms with Gasteiger partial charge in [-0.2, -0.15) is 0 Å². The number of hydrogen-bond donors (Lipinski definition) is 1. The van der Waals surface area contributed by atoms with Gasteiger partial charge in [0.1, 0.15) is 0 Å². The van der Waals surface area contributed by atoms with Gasteiger partial charge in [-0.25, -0.2) is 0 Å². The molecule has 0 amide bonds. The fourth-order valence-electron chi connectivity index (χ4n) is 1.49. The molecule has 0 aliphatic carbocycles. The first-order valence-electron chi connectivity index (χ1n) is 5.61. The van der Waals surface area contributed by atoms with E-state index >= 15 is 0 Å². The highest BCUT2D eigenvalue weighted by atomic mass is 16.5. The van der Waals surface area contributed by atoms with Crippen molar-refractivity contribution in [1.29, 1.82) is 0 Å². The highest BCUT2D eigenvalue weighted by Gasteiger charge is 2.10. The molecule has 0 rings (SSSR count). The summed E-state index contributed by atoms with van der Waals surface area (Å²) in [4.78, 5) is 2.16. The normalized spacial score (nSPS) is 13.3. The predicted molar refractivity (Wildman–Crippen MR) is 62.7 cm³/mol. The first-order chi connectivity index (χ1) is 7.74. The summed E-state index contributed by atoms with van der Waals surface area (Å²) >= 11 is 0. The Hall–Kier alpha value is -0.200. The first-order valence-corrected chi connectivity index (χ1v) is 5.61. The van der Waals surface area contributed by atoms with Crippen molar-refractivity contribution in [3.8, 4) is 0 Å². The summed E-state index contributed by atoms with van der Waals surface area (Å²) in [5.41, 5.74) is 0. The van der Waals surface area contributed by atoms with Crippen LogP contribution in [0.3, 0.4) is 0 Å². The van der Waals surface area contributed by atoms with E-state index in [-0.39, 0.29) is 0 Å². The Morgan fingerprint density at radius 2 is 1.69 bits per heavy atom. The number of aliphatic hydroxyl groups is 1. The van der Waals surface area contributed by atoms with Crippen molar-refractivity contribution < 1.29 is 19.3 Å². The molecular formula is C11H25NO4. The molecule has 0 aliphatic rings. The van der Waals surface area contributed by atoms with Crippen molar-refractivity contribution in [3.63, 3.8) is 0 Å². The monoisotopic (exact) mass is 235 g/mol. The predicted octanol–water partition coefficient (Wildman–Crippen LogP) is -0.0214. The van der Waals surface area contributed by atoms with Gasteiger partial charge < -0.3 is 19.3 Å². The van der Waals surface area contributed by atoms with Crippen molar-refractivity contribution in [3.05, 3.63) is 0 Å². The number of rotatable bonds is 11. The highest BCUT2D eigenvalue weighted by Crippen LogP contribution is 1.96. The molecule has 1 N–H and O–H groups in total. The number of aliphatic hydroxyl groups excluding tert-OH is 1. The van der Waals surface area contributed by atoms with E-state index in [9.17, 15) is 5.11 Å². The van der Waals surface area contributed by atoms with E-state index in [1.165, 1.54) is 0 Å². The third-order valence-electron chi connectivity index (χ3n) is 2.26. The maximum atomic E-state index is 9.64. The molecule has 0 saturated heterocycles. The van der Waals surface area contributed by atoms with Crippen LogP contribution < -0.4 is 0 Å². The van der Waals surface area contributed by atoms with Gasteiger partial charge in [0.15, 0.2) is 0 Å². The van der Waals surface area contributed by atoms with Crippen LogP contribution >= 0.6 is 0 Å². The van der Waals surface area contributed by atoms with Gasteiger partial charge in [-0.05, 0) is 6.42 Å². The lowest BCUT2D eigenvalue weighted by Gasteiger charge is -2.24. The van der Waals surface area contributed by atoms with Crippen molar-refractivity contribution in [2.45, 2.75) is 12.5 Å². The maximum absolute atomic E-state index is 9.64. The second-order valence-corrected chi connectivity index (χ2v) is 3.75. The van der Waals surface area contributed by atoms with E-state index in [0.717, 1.165) is 26.1 Å². The van der Waals surface area contributed by atoms with Crippen LogP contribution in [0.2, 0.25) is 0 Å². The molecule has 0 fully saturated rings. The molecule has 98 valence electrons. The number of methoxy groups -OCH3 is 3. The van der Waals surface area contributed by atoms with E-state index in [2.05, 4.69) is 4.90 Å². The lowest BCUT2D eigenvalue weighted by molar-refractivity contribution is 0.0293. The van der Waals surface area contributed by atoms with Gasteiger partial charge in [0.2, 0.25) is 0 Å². The minimum absolute atomic E-state index is 0.369. The molecule has 0 spiro atoms. The van der Waals surface area contributed by atoms with Crippen LogP contribution in [0, 0.1) is 0 Å². The Morgan fingerprint density at radius 3 is 2.25 bits per heavy atom. The third-order valence-corrected chi connectivity index (χ3v) is 2.26. The lowest BCUT2D eigenvalue weighted by Crippen LogP contribution is -2.37. The van der Waals surface area contributed by atoms with Crippen molar-refractivity contribution in [2.24, 2.45) is 0 Å². The van der Waals surface area contributed by atoms with Crippen LogP contribution in [-0.2, 0) is 14.2 Å². The third kappa shape index (κ3) is 9.06. The van der Waals surface area contributed by atoms with E-state index in [0.29, 0.717) is 19.8 Å². The molecule has 0 heterocycles. The van der Waals surface area contributed by atoms with Gasteiger partial charge in [0.25, 0.3) is 0 Å². The van der Waals surface area contributed by atoms with Crippen molar-refractivity contribution in [1.82, 2.24) is 4.90 Å². The SMILES string of the molecule is COCCCN(CCOC)CC(O)COC. The minimum Gasteiger partial charge on any atom is -0.389 e. The topological polar surface area (TPSA) is 51.2 Å². The second kappa shape index (κ2) is 11.3. The summed E-state index contributed by atoms with van der Waals surface area (Å²) in [7, 11) is 4.96. The number of hydrogen-bond acceptors (Lipinski definition) is 5. The Balaban J connectivity index is 3.78. The fourth-order valence-corrected chi connectivity index (χ4v) is 1.49. The maximum Gasteiger partial charge on any atom is 0.0900 e. The standard InChI is InChI=1S/C11H25NO4/c1-14-7-4-5-12(6-8-15-2)9-11(13)10-16-3/h11,13H,4-10H2,1-3H3. The van der Waals surface area contributed by atoms with Gasteiger partial charge >= 0.3 is 0 Å². The Kier molecular flexibility index (Phi) is 11.1. The zero-order valence-corrected chi connectivity index (χ0v) is 10.6. The average molecular weight is 235 g/mol. The lowest BCUT2D eigenvalue weighted by atomic mass is 10.3. The minimum atomic E-state index is -0.440. The molecule has 0 aliphatic heterocycles. The zero-order valence-electron chi connectivity index (χ0n) is 10.6. The molecule has 0 aromatic rings. The van der Waals surface area contributed by atoms with Crippen molar-refractivity contribution >= 4 is 0 Å². The van der Waals surface area contributed by atoms with Crippen LogP contribution in [0.1, 0.15) is 6.42 Å². The van der Waals surface area contributed by atoms with Gasteiger partial charge in [-0.15, -0.1) is 0 Å². The van der Waals surface area contributed by atoms with Crippen LogP contribution in [0.4, 0.5) is 0 Å². The Morgan fingerprint density at radius 1 is 1.00 bits per heavy atom. The summed E-state index contributed by atoms with van der Waals surface area (Å²) in [5, 5.41) is 9.64. The molecular weight excluding hydrogens is 210 g/mol. The van der Waals surface area contributed by atoms with Crippen LogP contribution in [0.15, 0.2) is 0 Å². The van der Waals surface area contributed by atoms with Gasteiger partial charge in [0.05, 0.1) is 19.3 Å². The molecule has 0 aromatic carbocycles. The zero-order chi connectivity index (χ0) is 12.2. The summed E-state index contributed by atoms with van der Waals surface area (Å²) < 4.78 is 14.9. The smallest absolute Gasteiger partial charge is 0.0900 e. The molecule has 5 heteroatoms. The molecule has 1 unspecified atom stereocenters. The fraction of sp³-hybridized carbons (Fsp3) is 1.00. The second-order valence-electron chi connectivity index (χ2n) is 3.75. The summed E-state index contributed by atoms with van der Waals surface area (Å²) in [5.74, 6) is 0. The van der Waals surface area contributed by atoms with Crippen LogP contribution in [0.5, 0.6) is 0 Å². The first kappa shape index (κ1) is 15.8. The van der Waals surface area contributed by atoms with E-state index in [4.69, 9.17) is 14.2 Å². The molecule has 1 atom stereocenters. The summed E-state index contributed by atoms with van der Waals surface area (Å²) in [6.45, 7) is 4.12.